The average molecular weight is 487 g/mol. The van der Waals surface area contributed by atoms with E-state index < -0.39 is 17.6 Å². The molecule has 1 heterocycles. The summed E-state index contributed by atoms with van der Waals surface area (Å²) in [6.45, 7) is 0. The highest BCUT2D eigenvalue weighted by Crippen LogP contribution is 2.35. The van der Waals surface area contributed by atoms with Crippen LogP contribution in [0, 0.1) is 0 Å². The Morgan fingerprint density at radius 2 is 1.68 bits per heavy atom. The second-order valence-electron chi connectivity index (χ2n) is 7.29. The minimum atomic E-state index is -4.58. The Labute approximate surface area is 198 Å². The van der Waals surface area contributed by atoms with Gasteiger partial charge in [0.25, 0.3) is 5.91 Å². The van der Waals surface area contributed by atoms with E-state index in [9.17, 15) is 18.0 Å². The average Bonchev–Trinajstić information content (AvgIpc) is 2.83. The number of halogens is 4. The third-order valence-corrected chi connectivity index (χ3v) is 5.51. The number of carbonyl (C=O) groups is 1. The number of aromatic nitrogens is 1. The van der Waals surface area contributed by atoms with Crippen molar-refractivity contribution in [3.8, 4) is 22.8 Å². The van der Waals surface area contributed by atoms with E-state index in [-0.39, 0.29) is 16.3 Å². The lowest BCUT2D eigenvalue weighted by Gasteiger charge is -2.14. The number of ether oxygens (including phenoxy) is 2. The van der Waals surface area contributed by atoms with Crippen molar-refractivity contribution in [1.82, 2.24) is 4.98 Å². The molecule has 3 aromatic carbocycles. The van der Waals surface area contributed by atoms with Crippen LogP contribution in [0.4, 0.5) is 18.9 Å². The molecule has 0 aliphatic rings. The number of methoxy groups -OCH3 is 2. The van der Waals surface area contributed by atoms with Crippen LogP contribution >= 0.6 is 11.6 Å². The molecule has 0 radical (unpaired) electrons. The van der Waals surface area contributed by atoms with Crippen LogP contribution < -0.4 is 14.8 Å². The fourth-order valence-electron chi connectivity index (χ4n) is 3.49. The van der Waals surface area contributed by atoms with Crippen LogP contribution in [0.3, 0.4) is 0 Å². The lowest BCUT2D eigenvalue weighted by molar-refractivity contribution is -0.137. The zero-order valence-corrected chi connectivity index (χ0v) is 18.8. The smallest absolute Gasteiger partial charge is 0.416 e. The van der Waals surface area contributed by atoms with E-state index >= 15 is 0 Å². The van der Waals surface area contributed by atoms with Gasteiger partial charge >= 0.3 is 6.18 Å². The number of para-hydroxylation sites is 1. The summed E-state index contributed by atoms with van der Waals surface area (Å²) in [6.07, 6.45) is -4.58. The molecule has 0 aliphatic carbocycles. The van der Waals surface area contributed by atoms with Crippen molar-refractivity contribution in [1.29, 1.82) is 0 Å². The summed E-state index contributed by atoms with van der Waals surface area (Å²) in [4.78, 5) is 17.9. The summed E-state index contributed by atoms with van der Waals surface area (Å²) < 4.78 is 50.0. The van der Waals surface area contributed by atoms with Crippen LogP contribution in [0.1, 0.15) is 15.9 Å². The molecule has 1 amide bonds. The van der Waals surface area contributed by atoms with Crippen molar-refractivity contribution in [2.24, 2.45) is 0 Å². The Bertz CT molecular complexity index is 1390. The predicted octanol–water partition coefficient (Wildman–Crippen LogP) is 6.84. The van der Waals surface area contributed by atoms with Crippen LogP contribution in [0.5, 0.6) is 11.5 Å². The summed E-state index contributed by atoms with van der Waals surface area (Å²) in [6, 6.07) is 16.5. The Kier molecular flexibility index (Phi) is 6.34. The van der Waals surface area contributed by atoms with Gasteiger partial charge in [-0.3, -0.25) is 4.79 Å². The zero-order valence-electron chi connectivity index (χ0n) is 18.0. The number of pyridine rings is 1. The van der Waals surface area contributed by atoms with Crippen molar-refractivity contribution in [3.05, 3.63) is 82.9 Å². The van der Waals surface area contributed by atoms with E-state index in [0.717, 1.165) is 18.2 Å². The monoisotopic (exact) mass is 486 g/mol. The number of hydrogen-bond acceptors (Lipinski definition) is 4. The van der Waals surface area contributed by atoms with Gasteiger partial charge in [-0.2, -0.15) is 13.2 Å². The van der Waals surface area contributed by atoms with Gasteiger partial charge in [0, 0.05) is 10.9 Å². The second-order valence-corrected chi connectivity index (χ2v) is 7.70. The highest BCUT2D eigenvalue weighted by atomic mass is 35.5. The number of hydrogen-bond donors (Lipinski definition) is 1. The summed E-state index contributed by atoms with van der Waals surface area (Å²) in [5.74, 6) is 0.391. The Morgan fingerprint density at radius 1 is 0.941 bits per heavy atom. The number of benzene rings is 3. The first kappa shape index (κ1) is 23.4. The molecule has 0 unspecified atom stereocenters. The van der Waals surface area contributed by atoms with Gasteiger partial charge in [-0.1, -0.05) is 29.8 Å². The first-order valence-corrected chi connectivity index (χ1v) is 10.4. The maximum atomic E-state index is 13.2. The largest absolute Gasteiger partial charge is 0.493 e. The molecule has 1 aromatic heterocycles. The lowest BCUT2D eigenvalue weighted by Crippen LogP contribution is -2.14. The van der Waals surface area contributed by atoms with E-state index in [0.29, 0.717) is 33.7 Å². The summed E-state index contributed by atoms with van der Waals surface area (Å²) in [5, 5.41) is 3.03. The SMILES string of the molecule is COc1ccc(-c2cc(C(=O)Nc3cc(C(F)(F)F)ccc3Cl)c3ccccc3n2)cc1OC. The number of amides is 1. The standard InChI is InChI=1S/C25H18ClF3N2O3/c1-33-22-10-7-14(11-23(22)34-2)20-13-17(16-5-3-4-6-19(16)30-20)24(32)31-21-12-15(25(27,28)29)8-9-18(21)26/h3-13H,1-2H3,(H,31,32). The molecule has 0 spiro atoms. The first-order valence-electron chi connectivity index (χ1n) is 10.0. The molecule has 0 saturated carbocycles. The van der Waals surface area contributed by atoms with Crippen LogP contribution in [0.15, 0.2) is 66.7 Å². The Balaban J connectivity index is 1.80. The van der Waals surface area contributed by atoms with E-state index in [2.05, 4.69) is 10.3 Å². The molecule has 0 atom stereocenters. The van der Waals surface area contributed by atoms with E-state index in [1.807, 2.05) is 0 Å². The molecule has 0 bridgehead atoms. The van der Waals surface area contributed by atoms with E-state index in [4.69, 9.17) is 21.1 Å². The van der Waals surface area contributed by atoms with Gasteiger partial charge in [0.05, 0.1) is 47.3 Å². The third kappa shape index (κ3) is 4.63. The number of nitrogens with zero attached hydrogens (tertiary/aromatic N) is 1. The van der Waals surface area contributed by atoms with Crippen molar-refractivity contribution < 1.29 is 27.4 Å². The topological polar surface area (TPSA) is 60.5 Å². The number of fused-ring (bicyclic) bond motifs is 1. The zero-order chi connectivity index (χ0) is 24.5. The van der Waals surface area contributed by atoms with Gasteiger partial charge in [0.2, 0.25) is 0 Å². The Hall–Kier alpha value is -3.78. The highest BCUT2D eigenvalue weighted by molar-refractivity contribution is 6.34. The Morgan fingerprint density at radius 3 is 2.38 bits per heavy atom. The first-order chi connectivity index (χ1) is 16.2. The van der Waals surface area contributed by atoms with Gasteiger partial charge in [-0.05, 0) is 48.5 Å². The molecule has 4 aromatic rings. The van der Waals surface area contributed by atoms with Crippen molar-refractivity contribution >= 4 is 34.1 Å². The molecule has 5 nitrogen and oxygen atoms in total. The van der Waals surface area contributed by atoms with Gasteiger partial charge < -0.3 is 14.8 Å². The lowest BCUT2D eigenvalue weighted by atomic mass is 10.0. The molecule has 174 valence electrons. The number of alkyl halides is 3. The minimum Gasteiger partial charge on any atom is -0.493 e. The summed E-state index contributed by atoms with van der Waals surface area (Å²) in [5.41, 5.74) is 0.835. The quantitative estimate of drug-likeness (QED) is 0.335. The molecule has 34 heavy (non-hydrogen) atoms. The molecule has 0 fully saturated rings. The van der Waals surface area contributed by atoms with E-state index in [1.165, 1.54) is 14.2 Å². The van der Waals surface area contributed by atoms with Gasteiger partial charge in [-0.25, -0.2) is 4.98 Å². The maximum Gasteiger partial charge on any atom is 0.416 e. The van der Waals surface area contributed by atoms with Crippen molar-refractivity contribution in [2.45, 2.75) is 6.18 Å². The molecular formula is C25H18ClF3N2O3. The number of nitrogens with one attached hydrogen (secondary N) is 1. The van der Waals surface area contributed by atoms with E-state index in [1.54, 1.807) is 48.5 Å². The summed E-state index contributed by atoms with van der Waals surface area (Å²) >= 11 is 6.07. The highest BCUT2D eigenvalue weighted by Gasteiger charge is 2.31. The third-order valence-electron chi connectivity index (χ3n) is 5.18. The van der Waals surface area contributed by atoms with Crippen molar-refractivity contribution in [3.63, 3.8) is 0 Å². The maximum absolute atomic E-state index is 13.2. The van der Waals surface area contributed by atoms with Gasteiger partial charge in [0.15, 0.2) is 11.5 Å². The number of rotatable bonds is 5. The second kappa shape index (κ2) is 9.23. The van der Waals surface area contributed by atoms with Gasteiger partial charge in [0.1, 0.15) is 0 Å². The van der Waals surface area contributed by atoms with Crippen LogP contribution in [0.25, 0.3) is 22.2 Å². The fraction of sp³-hybridized carbons (Fsp3) is 0.120. The molecule has 0 aliphatic heterocycles. The molecular weight excluding hydrogens is 469 g/mol. The summed E-state index contributed by atoms with van der Waals surface area (Å²) in [7, 11) is 3.03. The normalized spacial score (nSPS) is 11.4. The molecule has 0 saturated heterocycles. The fourth-order valence-corrected chi connectivity index (χ4v) is 3.66. The molecule has 9 heteroatoms. The van der Waals surface area contributed by atoms with Crippen molar-refractivity contribution in [2.75, 3.05) is 19.5 Å². The van der Waals surface area contributed by atoms with Gasteiger partial charge in [-0.15, -0.1) is 0 Å². The number of carbonyl (C=O) groups excluding carboxylic acids is 1. The molecule has 4 rings (SSSR count). The van der Waals surface area contributed by atoms with Crippen LogP contribution in [0.2, 0.25) is 5.02 Å². The molecule has 1 N–H and O–H groups in total. The number of anilines is 1. The minimum absolute atomic E-state index is 0.0141. The predicted molar refractivity (Wildman–Crippen MR) is 125 cm³/mol. The van der Waals surface area contributed by atoms with Crippen LogP contribution in [-0.2, 0) is 6.18 Å². The van der Waals surface area contributed by atoms with Crippen LogP contribution in [-0.4, -0.2) is 25.1 Å².